The van der Waals surface area contributed by atoms with Gasteiger partial charge in [-0.1, -0.05) is 0 Å². The van der Waals surface area contributed by atoms with E-state index in [1.54, 1.807) is 36.7 Å². The fourth-order valence-electron chi connectivity index (χ4n) is 1.75. The molecule has 0 N–H and O–H groups in total. The minimum Gasteiger partial charge on any atom is -0.437 e. The van der Waals surface area contributed by atoms with Gasteiger partial charge in [0.2, 0.25) is 5.88 Å². The Morgan fingerprint density at radius 1 is 1.00 bits per heavy atom. The lowest BCUT2D eigenvalue weighted by Crippen LogP contribution is -2.29. The van der Waals surface area contributed by atoms with Crippen LogP contribution in [0, 0.1) is 0 Å². The number of hydrogen-bond donors (Lipinski definition) is 0. The normalized spacial score (nSPS) is 13.9. The van der Waals surface area contributed by atoms with Gasteiger partial charge in [0.25, 0.3) is 11.8 Å². The van der Waals surface area contributed by atoms with Crippen molar-refractivity contribution in [2.75, 3.05) is 4.90 Å². The molecular formula is C14H9N3O3. The maximum atomic E-state index is 11.5. The molecular weight excluding hydrogens is 258 g/mol. The van der Waals surface area contributed by atoms with Gasteiger partial charge in [0, 0.05) is 24.4 Å². The number of aromatic nitrogens is 2. The summed E-state index contributed by atoms with van der Waals surface area (Å²) in [7, 11) is 0. The molecule has 98 valence electrons. The van der Waals surface area contributed by atoms with Crippen LogP contribution in [0.5, 0.6) is 11.6 Å². The minimum atomic E-state index is -0.377. The summed E-state index contributed by atoms with van der Waals surface area (Å²) in [6, 6.07) is 6.68. The summed E-state index contributed by atoms with van der Waals surface area (Å²) in [6.07, 6.45) is 7.06. The molecule has 2 aromatic heterocycles. The topological polar surface area (TPSA) is 72.4 Å². The maximum Gasteiger partial charge on any atom is 0.258 e. The number of ether oxygens (including phenoxy) is 1. The highest BCUT2D eigenvalue weighted by Gasteiger charge is 2.25. The van der Waals surface area contributed by atoms with E-state index in [1.165, 1.54) is 18.3 Å². The maximum absolute atomic E-state index is 11.5. The molecule has 0 aromatic carbocycles. The first kappa shape index (κ1) is 12.0. The first-order chi connectivity index (χ1) is 9.74. The van der Waals surface area contributed by atoms with Crippen molar-refractivity contribution in [3.63, 3.8) is 0 Å². The van der Waals surface area contributed by atoms with E-state index in [0.717, 1.165) is 4.90 Å². The lowest BCUT2D eigenvalue weighted by molar-refractivity contribution is -0.119. The predicted octanol–water partition coefficient (Wildman–Crippen LogP) is 1.70. The first-order valence-electron chi connectivity index (χ1n) is 5.84. The van der Waals surface area contributed by atoms with E-state index in [1.807, 2.05) is 0 Å². The largest absolute Gasteiger partial charge is 0.437 e. The van der Waals surface area contributed by atoms with E-state index in [9.17, 15) is 9.59 Å². The Labute approximate surface area is 114 Å². The van der Waals surface area contributed by atoms with Gasteiger partial charge in [-0.3, -0.25) is 14.6 Å². The molecule has 1 aliphatic heterocycles. The van der Waals surface area contributed by atoms with E-state index >= 15 is 0 Å². The van der Waals surface area contributed by atoms with Crippen molar-refractivity contribution < 1.29 is 14.3 Å². The van der Waals surface area contributed by atoms with Gasteiger partial charge in [-0.05, 0) is 18.2 Å². The van der Waals surface area contributed by atoms with Crippen molar-refractivity contribution in [2.45, 2.75) is 0 Å². The van der Waals surface area contributed by atoms with Gasteiger partial charge in [0.05, 0.1) is 18.1 Å². The van der Waals surface area contributed by atoms with Gasteiger partial charge < -0.3 is 4.74 Å². The second-order valence-electron chi connectivity index (χ2n) is 3.99. The Morgan fingerprint density at radius 3 is 2.40 bits per heavy atom. The summed E-state index contributed by atoms with van der Waals surface area (Å²) in [5, 5.41) is 0. The van der Waals surface area contributed by atoms with Gasteiger partial charge in [-0.15, -0.1) is 0 Å². The minimum absolute atomic E-state index is 0.355. The molecule has 20 heavy (non-hydrogen) atoms. The van der Waals surface area contributed by atoms with Crippen LogP contribution in [0.1, 0.15) is 0 Å². The molecule has 1 aliphatic rings. The zero-order valence-corrected chi connectivity index (χ0v) is 10.3. The van der Waals surface area contributed by atoms with Crippen LogP contribution < -0.4 is 9.64 Å². The number of pyridine rings is 2. The average molecular weight is 267 g/mol. The molecule has 0 saturated heterocycles. The number of carbonyl (C=O) groups excluding carboxylic acids is 2. The fourth-order valence-corrected chi connectivity index (χ4v) is 1.75. The van der Waals surface area contributed by atoms with Crippen molar-refractivity contribution >= 4 is 17.5 Å². The van der Waals surface area contributed by atoms with Gasteiger partial charge >= 0.3 is 0 Å². The third kappa shape index (κ3) is 2.26. The summed E-state index contributed by atoms with van der Waals surface area (Å²) in [4.78, 5) is 32.1. The molecule has 2 amide bonds. The molecule has 0 saturated carbocycles. The Kier molecular flexibility index (Phi) is 2.96. The summed E-state index contributed by atoms with van der Waals surface area (Å²) in [5.41, 5.74) is 0.406. The van der Waals surface area contributed by atoms with Gasteiger partial charge in [-0.2, -0.15) is 0 Å². The molecule has 0 atom stereocenters. The summed E-state index contributed by atoms with van der Waals surface area (Å²) < 4.78 is 5.47. The number of hydrogen-bond acceptors (Lipinski definition) is 5. The molecule has 6 heteroatoms. The molecule has 2 aromatic rings. The van der Waals surface area contributed by atoms with E-state index in [0.29, 0.717) is 17.3 Å². The van der Waals surface area contributed by atoms with Gasteiger partial charge in [0.15, 0.2) is 0 Å². The number of nitrogens with zero attached hydrogens (tertiary/aromatic N) is 3. The second kappa shape index (κ2) is 4.93. The zero-order valence-electron chi connectivity index (χ0n) is 10.3. The summed E-state index contributed by atoms with van der Waals surface area (Å²) >= 11 is 0. The molecule has 0 radical (unpaired) electrons. The van der Waals surface area contributed by atoms with Crippen LogP contribution in [0.3, 0.4) is 0 Å². The van der Waals surface area contributed by atoms with Crippen LogP contribution in [0.25, 0.3) is 0 Å². The number of carbonyl (C=O) groups is 2. The molecule has 0 bridgehead atoms. The smallest absolute Gasteiger partial charge is 0.258 e. The van der Waals surface area contributed by atoms with Crippen molar-refractivity contribution in [1.29, 1.82) is 0 Å². The molecule has 6 nitrogen and oxygen atoms in total. The van der Waals surface area contributed by atoms with Crippen LogP contribution >= 0.6 is 0 Å². The van der Waals surface area contributed by atoms with E-state index in [4.69, 9.17) is 4.74 Å². The van der Waals surface area contributed by atoms with Crippen molar-refractivity contribution in [1.82, 2.24) is 9.97 Å². The van der Waals surface area contributed by atoms with E-state index in [2.05, 4.69) is 9.97 Å². The third-order valence-corrected chi connectivity index (χ3v) is 2.65. The third-order valence-electron chi connectivity index (χ3n) is 2.65. The SMILES string of the molecule is O=C1C=CC(=O)N1c1ccc(Oc2cccnc2)nc1. The van der Waals surface area contributed by atoms with E-state index < -0.39 is 0 Å². The fraction of sp³-hybridized carbons (Fsp3) is 0. The quantitative estimate of drug-likeness (QED) is 0.791. The van der Waals surface area contributed by atoms with Crippen LogP contribution in [-0.4, -0.2) is 21.8 Å². The second-order valence-corrected chi connectivity index (χ2v) is 3.99. The molecule has 3 heterocycles. The van der Waals surface area contributed by atoms with Crippen molar-refractivity contribution in [2.24, 2.45) is 0 Å². The molecule has 0 fully saturated rings. The number of rotatable bonds is 3. The summed E-state index contributed by atoms with van der Waals surface area (Å²) in [6.45, 7) is 0. The van der Waals surface area contributed by atoms with Crippen molar-refractivity contribution in [3.8, 4) is 11.6 Å². The Morgan fingerprint density at radius 2 is 1.80 bits per heavy atom. The lowest BCUT2D eigenvalue weighted by Gasteiger charge is -2.13. The number of imide groups is 1. The predicted molar refractivity (Wildman–Crippen MR) is 70.2 cm³/mol. The zero-order chi connectivity index (χ0) is 13.9. The Bertz CT molecular complexity index is 663. The van der Waals surface area contributed by atoms with Crippen LogP contribution in [0.15, 0.2) is 55.0 Å². The number of anilines is 1. The standard InChI is InChI=1S/C14H9N3O3/c18-13-5-6-14(19)17(13)10-3-4-12(16-8-10)20-11-2-1-7-15-9-11/h1-9H. The van der Waals surface area contributed by atoms with Crippen molar-refractivity contribution in [3.05, 3.63) is 55.0 Å². The highest BCUT2D eigenvalue weighted by molar-refractivity contribution is 6.28. The van der Waals surface area contributed by atoms with Gasteiger partial charge in [0.1, 0.15) is 5.75 Å². The lowest BCUT2D eigenvalue weighted by atomic mass is 10.3. The highest BCUT2D eigenvalue weighted by Crippen LogP contribution is 2.22. The van der Waals surface area contributed by atoms with Crippen LogP contribution in [-0.2, 0) is 9.59 Å². The first-order valence-corrected chi connectivity index (χ1v) is 5.84. The average Bonchev–Trinajstić information content (AvgIpc) is 2.81. The molecule has 3 rings (SSSR count). The summed E-state index contributed by atoms with van der Waals surface area (Å²) in [5.74, 6) is 0.159. The highest BCUT2D eigenvalue weighted by atomic mass is 16.5. The van der Waals surface area contributed by atoms with Crippen LogP contribution in [0.4, 0.5) is 5.69 Å². The monoisotopic (exact) mass is 267 g/mol. The number of amides is 2. The molecule has 0 spiro atoms. The van der Waals surface area contributed by atoms with Crippen LogP contribution in [0.2, 0.25) is 0 Å². The molecule has 0 aliphatic carbocycles. The van der Waals surface area contributed by atoms with E-state index in [-0.39, 0.29) is 11.8 Å². The Hall–Kier alpha value is -3.02. The molecule has 0 unspecified atom stereocenters. The Balaban J connectivity index is 1.78. The van der Waals surface area contributed by atoms with Gasteiger partial charge in [-0.25, -0.2) is 9.88 Å².